The van der Waals surface area contributed by atoms with Gasteiger partial charge in [0.15, 0.2) is 0 Å². The number of nitrogens with zero attached hydrogens (tertiary/aromatic N) is 1. The Labute approximate surface area is 282 Å². The predicted octanol–water partition coefficient (Wildman–Crippen LogP) is 13.4. The summed E-state index contributed by atoms with van der Waals surface area (Å²) in [5.74, 6) is 0. The zero-order valence-corrected chi connectivity index (χ0v) is 26.5. The van der Waals surface area contributed by atoms with Crippen molar-refractivity contribution in [3.63, 3.8) is 0 Å². The molecule has 0 N–H and O–H groups in total. The van der Waals surface area contributed by atoms with Crippen molar-refractivity contribution >= 4 is 71.7 Å². The molecule has 2 heterocycles. The fourth-order valence-corrected chi connectivity index (χ4v) is 7.36. The van der Waals surface area contributed by atoms with Crippen molar-refractivity contribution in [2.75, 3.05) is 4.90 Å². The summed E-state index contributed by atoms with van der Waals surface area (Å²) >= 11 is 0. The minimum Gasteiger partial charge on any atom is -0.456 e. The summed E-state index contributed by atoms with van der Waals surface area (Å²) in [4.78, 5) is 2.30. The summed E-state index contributed by atoms with van der Waals surface area (Å²) in [6, 6.07) is 61.9. The van der Waals surface area contributed by atoms with E-state index >= 15 is 0 Å². The van der Waals surface area contributed by atoms with Crippen molar-refractivity contribution in [3.8, 4) is 22.3 Å². The van der Waals surface area contributed by atoms with Gasteiger partial charge < -0.3 is 13.7 Å². The number of anilines is 3. The number of hydrogen-bond acceptors (Lipinski definition) is 3. The lowest BCUT2D eigenvalue weighted by molar-refractivity contribution is 0.668. The standard InChI is InChI=1S/C46H29NO2/c1-3-11-30(12-4-1)31-19-21-33(22-20-31)47(34-24-26-43-41(27-34)37-16-9-10-18-42(37)48-43)35-23-25-39-44(28-35)49-45-29-40(32-13-5-2-6-14-32)36-15-7-8-17-38(36)46(39)45/h1-29H. The van der Waals surface area contributed by atoms with Gasteiger partial charge in [-0.15, -0.1) is 0 Å². The highest BCUT2D eigenvalue weighted by atomic mass is 16.3. The molecule has 0 bridgehead atoms. The van der Waals surface area contributed by atoms with Crippen LogP contribution in [-0.2, 0) is 0 Å². The normalized spacial score (nSPS) is 11.7. The first-order valence-electron chi connectivity index (χ1n) is 16.6. The molecule has 3 heteroatoms. The maximum absolute atomic E-state index is 6.74. The maximum Gasteiger partial charge on any atom is 0.137 e. The molecule has 0 spiro atoms. The van der Waals surface area contributed by atoms with E-state index in [-0.39, 0.29) is 0 Å². The minimum absolute atomic E-state index is 0.851. The molecule has 0 aliphatic carbocycles. The molecule has 0 radical (unpaired) electrons. The van der Waals surface area contributed by atoms with Gasteiger partial charge in [0.1, 0.15) is 22.3 Å². The van der Waals surface area contributed by atoms with Gasteiger partial charge in [-0.1, -0.05) is 115 Å². The van der Waals surface area contributed by atoms with Crippen LogP contribution in [0.4, 0.5) is 17.1 Å². The van der Waals surface area contributed by atoms with Gasteiger partial charge in [-0.25, -0.2) is 0 Å². The number of furan rings is 2. The second-order valence-corrected chi connectivity index (χ2v) is 12.5. The number of benzene rings is 8. The van der Waals surface area contributed by atoms with Crippen molar-refractivity contribution in [3.05, 3.63) is 176 Å². The molecule has 2 aromatic heterocycles. The van der Waals surface area contributed by atoms with E-state index < -0.39 is 0 Å². The fourth-order valence-electron chi connectivity index (χ4n) is 7.36. The van der Waals surface area contributed by atoms with Gasteiger partial charge in [-0.2, -0.15) is 0 Å². The number of para-hydroxylation sites is 1. The first kappa shape index (κ1) is 27.5. The lowest BCUT2D eigenvalue weighted by atomic mass is 9.95. The molecule has 8 aromatic carbocycles. The lowest BCUT2D eigenvalue weighted by Gasteiger charge is -2.25. The van der Waals surface area contributed by atoms with Gasteiger partial charge in [-0.05, 0) is 87.6 Å². The Morgan fingerprint density at radius 1 is 0.306 bits per heavy atom. The Bertz CT molecular complexity index is 2810. The molecule has 230 valence electrons. The molecule has 10 aromatic rings. The van der Waals surface area contributed by atoms with Crippen LogP contribution in [-0.4, -0.2) is 0 Å². The van der Waals surface area contributed by atoms with Crippen molar-refractivity contribution in [1.29, 1.82) is 0 Å². The Kier molecular flexibility index (Phi) is 6.18. The van der Waals surface area contributed by atoms with Gasteiger partial charge in [0.25, 0.3) is 0 Å². The number of rotatable bonds is 5. The van der Waals surface area contributed by atoms with Crippen LogP contribution in [0.1, 0.15) is 0 Å². The molecule has 0 unspecified atom stereocenters. The first-order valence-corrected chi connectivity index (χ1v) is 16.6. The third kappa shape index (κ3) is 4.51. The maximum atomic E-state index is 6.74. The van der Waals surface area contributed by atoms with E-state index in [2.05, 4.69) is 169 Å². The highest BCUT2D eigenvalue weighted by molar-refractivity contribution is 6.22. The topological polar surface area (TPSA) is 29.5 Å². The molecule has 0 aliphatic rings. The van der Waals surface area contributed by atoms with Gasteiger partial charge in [0.2, 0.25) is 0 Å². The van der Waals surface area contributed by atoms with Crippen LogP contribution >= 0.6 is 0 Å². The molecule has 0 saturated carbocycles. The lowest BCUT2D eigenvalue weighted by Crippen LogP contribution is -2.09. The van der Waals surface area contributed by atoms with Crippen molar-refractivity contribution < 1.29 is 8.83 Å². The van der Waals surface area contributed by atoms with Crippen LogP contribution in [0.2, 0.25) is 0 Å². The zero-order chi connectivity index (χ0) is 32.3. The van der Waals surface area contributed by atoms with Crippen molar-refractivity contribution in [2.45, 2.75) is 0 Å². The molecule has 0 aliphatic heterocycles. The molecular formula is C46H29NO2. The number of hydrogen-bond donors (Lipinski definition) is 0. The average molecular weight is 628 g/mol. The average Bonchev–Trinajstić information content (AvgIpc) is 3.73. The Balaban J connectivity index is 1.17. The summed E-state index contributed by atoms with van der Waals surface area (Å²) in [5.41, 5.74) is 11.3. The van der Waals surface area contributed by atoms with Crippen molar-refractivity contribution in [2.24, 2.45) is 0 Å². The van der Waals surface area contributed by atoms with Crippen LogP contribution in [0.5, 0.6) is 0 Å². The van der Waals surface area contributed by atoms with E-state index in [9.17, 15) is 0 Å². The monoisotopic (exact) mass is 627 g/mol. The second kappa shape index (κ2) is 11.0. The van der Waals surface area contributed by atoms with E-state index in [0.717, 1.165) is 60.9 Å². The molecule has 49 heavy (non-hydrogen) atoms. The van der Waals surface area contributed by atoms with E-state index in [1.165, 1.54) is 33.0 Å². The molecule has 0 atom stereocenters. The Morgan fingerprint density at radius 3 is 1.67 bits per heavy atom. The summed E-state index contributed by atoms with van der Waals surface area (Å²) in [7, 11) is 0. The Hall–Kier alpha value is -6.58. The minimum atomic E-state index is 0.851. The fraction of sp³-hybridized carbons (Fsp3) is 0. The van der Waals surface area contributed by atoms with Gasteiger partial charge in [-0.3, -0.25) is 0 Å². The molecule has 0 amide bonds. The summed E-state index contributed by atoms with van der Waals surface area (Å²) in [5, 5.41) is 6.84. The predicted molar refractivity (Wildman–Crippen MR) is 204 cm³/mol. The second-order valence-electron chi connectivity index (χ2n) is 12.5. The first-order chi connectivity index (χ1) is 24.3. The third-order valence-corrected chi connectivity index (χ3v) is 9.66. The van der Waals surface area contributed by atoms with Gasteiger partial charge in [0.05, 0.1) is 0 Å². The smallest absolute Gasteiger partial charge is 0.137 e. The molecule has 3 nitrogen and oxygen atoms in total. The highest BCUT2D eigenvalue weighted by Crippen LogP contribution is 2.44. The van der Waals surface area contributed by atoms with Crippen LogP contribution < -0.4 is 4.90 Å². The quantitative estimate of drug-likeness (QED) is 0.190. The van der Waals surface area contributed by atoms with E-state index in [1.807, 2.05) is 12.1 Å². The largest absolute Gasteiger partial charge is 0.456 e. The van der Waals surface area contributed by atoms with E-state index in [4.69, 9.17) is 8.83 Å². The third-order valence-electron chi connectivity index (χ3n) is 9.66. The summed E-state index contributed by atoms with van der Waals surface area (Å²) in [6.45, 7) is 0. The van der Waals surface area contributed by atoms with Gasteiger partial charge in [0, 0.05) is 44.7 Å². The summed E-state index contributed by atoms with van der Waals surface area (Å²) in [6.07, 6.45) is 0. The van der Waals surface area contributed by atoms with E-state index in [0.29, 0.717) is 0 Å². The van der Waals surface area contributed by atoms with Crippen LogP contribution in [0.25, 0.3) is 76.9 Å². The van der Waals surface area contributed by atoms with Gasteiger partial charge >= 0.3 is 0 Å². The SMILES string of the molecule is c1ccc(-c2ccc(N(c3ccc4c(c3)oc3cc(-c5ccccc5)c5ccccc5c34)c3ccc4oc5ccccc5c4c3)cc2)cc1. The molecule has 0 fully saturated rings. The van der Waals surface area contributed by atoms with E-state index in [1.54, 1.807) is 0 Å². The van der Waals surface area contributed by atoms with Crippen molar-refractivity contribution in [1.82, 2.24) is 0 Å². The molecule has 10 rings (SSSR count). The zero-order valence-electron chi connectivity index (χ0n) is 26.5. The van der Waals surface area contributed by atoms with Crippen LogP contribution in [0, 0.1) is 0 Å². The molecule has 0 saturated heterocycles. The van der Waals surface area contributed by atoms with Crippen LogP contribution in [0.15, 0.2) is 185 Å². The summed E-state index contributed by atoms with van der Waals surface area (Å²) < 4.78 is 12.9. The molecular weight excluding hydrogens is 599 g/mol. The highest BCUT2D eigenvalue weighted by Gasteiger charge is 2.19. The Morgan fingerprint density at radius 2 is 0.878 bits per heavy atom. The number of fused-ring (bicyclic) bond motifs is 8. The van der Waals surface area contributed by atoms with Crippen LogP contribution in [0.3, 0.4) is 0 Å².